The summed E-state index contributed by atoms with van der Waals surface area (Å²) in [5.74, 6) is 0.495. The predicted molar refractivity (Wildman–Crippen MR) is 153 cm³/mol. The standard InChI is InChI=1S/C29H41N5O4/c1-7-31-29(36)28(30)34(21(4)25-18-24(20(2)3)27(37-6)19-26(25)35)22-8-10-23(11-9-22)38-17-16-33-14-12-32(5)13-15-33/h8-11,18-20,30,35H,4,7,12-17H2,1-3,5-6H3,(H,31,36). The average molecular weight is 524 g/mol. The lowest BCUT2D eigenvalue weighted by Crippen LogP contribution is -2.45. The van der Waals surface area contributed by atoms with Crippen LogP contribution in [0.2, 0.25) is 0 Å². The summed E-state index contributed by atoms with van der Waals surface area (Å²) in [5, 5.41) is 22.2. The molecule has 0 unspecified atom stereocenters. The quantitative estimate of drug-likeness (QED) is 0.322. The number of piperazine rings is 1. The first-order valence-electron chi connectivity index (χ1n) is 13.1. The van der Waals surface area contributed by atoms with Crippen molar-refractivity contribution in [3.05, 3.63) is 54.1 Å². The highest BCUT2D eigenvalue weighted by Gasteiger charge is 2.26. The summed E-state index contributed by atoms with van der Waals surface area (Å²) in [6.07, 6.45) is 0. The molecule has 0 aromatic heterocycles. The second-order valence-electron chi connectivity index (χ2n) is 9.74. The van der Waals surface area contributed by atoms with E-state index in [4.69, 9.17) is 14.9 Å². The predicted octanol–water partition coefficient (Wildman–Crippen LogP) is 3.74. The number of rotatable bonds is 10. The van der Waals surface area contributed by atoms with E-state index < -0.39 is 5.91 Å². The number of benzene rings is 2. The van der Waals surface area contributed by atoms with Crippen LogP contribution in [-0.4, -0.2) is 86.7 Å². The van der Waals surface area contributed by atoms with Gasteiger partial charge in [-0.3, -0.25) is 20.0 Å². The third-order valence-electron chi connectivity index (χ3n) is 6.69. The van der Waals surface area contributed by atoms with Gasteiger partial charge < -0.3 is 24.8 Å². The lowest BCUT2D eigenvalue weighted by atomic mass is 9.97. The van der Waals surface area contributed by atoms with Gasteiger partial charge in [0.2, 0.25) is 0 Å². The molecule has 0 atom stereocenters. The van der Waals surface area contributed by atoms with Gasteiger partial charge in [-0.1, -0.05) is 20.4 Å². The molecular formula is C29H41N5O4. The highest BCUT2D eigenvalue weighted by Crippen LogP contribution is 2.38. The SMILES string of the molecule is C=C(c1cc(C(C)C)c(OC)cc1O)N(C(=N)C(=O)NCC)c1ccc(OCCN2CCN(C)CC2)cc1. The molecule has 0 aliphatic carbocycles. The van der Waals surface area contributed by atoms with Crippen molar-refractivity contribution in [1.29, 1.82) is 5.41 Å². The van der Waals surface area contributed by atoms with Crippen LogP contribution in [0.5, 0.6) is 17.2 Å². The van der Waals surface area contributed by atoms with E-state index in [1.54, 1.807) is 38.3 Å². The number of carbonyl (C=O) groups excluding carboxylic acids is 1. The lowest BCUT2D eigenvalue weighted by molar-refractivity contribution is -0.114. The normalized spacial score (nSPS) is 14.3. The molecule has 2 aromatic rings. The minimum atomic E-state index is -0.543. The maximum absolute atomic E-state index is 12.7. The number of ether oxygens (including phenoxy) is 2. The molecule has 1 saturated heterocycles. The zero-order valence-corrected chi connectivity index (χ0v) is 23.2. The molecule has 0 saturated carbocycles. The highest BCUT2D eigenvalue weighted by atomic mass is 16.5. The Morgan fingerprint density at radius 1 is 1.18 bits per heavy atom. The Kier molecular flexibility index (Phi) is 10.2. The molecule has 206 valence electrons. The molecular weight excluding hydrogens is 482 g/mol. The van der Waals surface area contributed by atoms with Crippen LogP contribution in [0.1, 0.15) is 37.8 Å². The second kappa shape index (κ2) is 13.3. The van der Waals surface area contributed by atoms with Gasteiger partial charge in [0.05, 0.1) is 12.8 Å². The minimum absolute atomic E-state index is 0.0474. The Labute approximate surface area is 226 Å². The van der Waals surface area contributed by atoms with Crippen molar-refractivity contribution in [3.63, 3.8) is 0 Å². The number of aromatic hydroxyl groups is 1. The molecule has 2 aromatic carbocycles. The van der Waals surface area contributed by atoms with Crippen molar-refractivity contribution in [2.24, 2.45) is 0 Å². The van der Waals surface area contributed by atoms with E-state index >= 15 is 0 Å². The number of hydrogen-bond donors (Lipinski definition) is 3. The molecule has 0 spiro atoms. The number of phenolic OH excluding ortho intramolecular Hbond substituents is 1. The first kappa shape index (κ1) is 29.0. The third kappa shape index (κ3) is 7.05. The Hall–Kier alpha value is -3.56. The number of nitrogens with one attached hydrogen (secondary N) is 2. The Morgan fingerprint density at radius 2 is 1.84 bits per heavy atom. The molecule has 38 heavy (non-hydrogen) atoms. The van der Waals surface area contributed by atoms with Crippen molar-refractivity contribution in [1.82, 2.24) is 15.1 Å². The van der Waals surface area contributed by atoms with E-state index in [2.05, 4.69) is 28.7 Å². The van der Waals surface area contributed by atoms with Gasteiger partial charge in [-0.05, 0) is 55.8 Å². The van der Waals surface area contributed by atoms with Crippen molar-refractivity contribution in [2.75, 3.05) is 64.9 Å². The average Bonchev–Trinajstić information content (AvgIpc) is 2.90. The summed E-state index contributed by atoms with van der Waals surface area (Å²) in [7, 11) is 3.69. The monoisotopic (exact) mass is 523 g/mol. The third-order valence-corrected chi connectivity index (χ3v) is 6.69. The molecule has 1 amide bonds. The molecule has 1 fully saturated rings. The van der Waals surface area contributed by atoms with Gasteiger partial charge in [0.1, 0.15) is 23.9 Å². The molecule has 1 aliphatic rings. The van der Waals surface area contributed by atoms with Gasteiger partial charge in [-0.2, -0.15) is 0 Å². The number of likely N-dealkylation sites (N-methyl/N-ethyl adjacent to an activating group) is 2. The van der Waals surface area contributed by atoms with Crippen LogP contribution >= 0.6 is 0 Å². The maximum atomic E-state index is 12.7. The van der Waals surface area contributed by atoms with Crippen LogP contribution in [0.4, 0.5) is 5.69 Å². The van der Waals surface area contributed by atoms with E-state index in [-0.39, 0.29) is 17.5 Å². The van der Waals surface area contributed by atoms with Gasteiger partial charge in [0.15, 0.2) is 5.84 Å². The summed E-state index contributed by atoms with van der Waals surface area (Å²) in [5.41, 5.74) is 2.15. The second-order valence-corrected chi connectivity index (χ2v) is 9.74. The summed E-state index contributed by atoms with van der Waals surface area (Å²) >= 11 is 0. The first-order chi connectivity index (χ1) is 18.2. The van der Waals surface area contributed by atoms with Gasteiger partial charge in [-0.25, -0.2) is 0 Å². The van der Waals surface area contributed by atoms with E-state index in [9.17, 15) is 9.90 Å². The number of amides is 1. The molecule has 9 heteroatoms. The van der Waals surface area contributed by atoms with E-state index in [0.29, 0.717) is 41.6 Å². The lowest BCUT2D eigenvalue weighted by Gasteiger charge is -2.32. The van der Waals surface area contributed by atoms with Gasteiger partial charge in [0, 0.05) is 56.6 Å². The van der Waals surface area contributed by atoms with Gasteiger partial charge in [-0.15, -0.1) is 0 Å². The van der Waals surface area contributed by atoms with Crippen LogP contribution in [0.3, 0.4) is 0 Å². The summed E-state index contributed by atoms with van der Waals surface area (Å²) in [6, 6.07) is 10.5. The number of carbonyl (C=O) groups is 1. The number of methoxy groups -OCH3 is 1. The molecule has 1 heterocycles. The Balaban J connectivity index is 1.83. The smallest absolute Gasteiger partial charge is 0.287 e. The van der Waals surface area contributed by atoms with Crippen molar-refractivity contribution < 1.29 is 19.4 Å². The van der Waals surface area contributed by atoms with Gasteiger partial charge in [0.25, 0.3) is 5.91 Å². The number of hydrogen-bond acceptors (Lipinski definition) is 7. The van der Waals surface area contributed by atoms with E-state index in [1.807, 2.05) is 26.0 Å². The maximum Gasteiger partial charge on any atom is 0.287 e. The minimum Gasteiger partial charge on any atom is -0.507 e. The molecule has 9 nitrogen and oxygen atoms in total. The number of amidine groups is 1. The molecule has 3 rings (SSSR count). The Morgan fingerprint density at radius 3 is 2.42 bits per heavy atom. The van der Waals surface area contributed by atoms with E-state index in [0.717, 1.165) is 38.3 Å². The molecule has 0 radical (unpaired) electrons. The molecule has 1 aliphatic heterocycles. The van der Waals surface area contributed by atoms with Crippen LogP contribution in [-0.2, 0) is 4.79 Å². The molecule has 0 bridgehead atoms. The van der Waals surface area contributed by atoms with E-state index in [1.165, 1.54) is 4.90 Å². The van der Waals surface area contributed by atoms with Crippen LogP contribution in [0.15, 0.2) is 43.0 Å². The van der Waals surface area contributed by atoms with Crippen LogP contribution < -0.4 is 19.7 Å². The number of nitrogens with zero attached hydrogens (tertiary/aromatic N) is 3. The van der Waals surface area contributed by atoms with Crippen molar-refractivity contribution in [2.45, 2.75) is 26.7 Å². The number of phenols is 1. The highest BCUT2D eigenvalue weighted by molar-refractivity contribution is 6.44. The fourth-order valence-electron chi connectivity index (χ4n) is 4.39. The van der Waals surface area contributed by atoms with Crippen LogP contribution in [0.25, 0.3) is 5.70 Å². The van der Waals surface area contributed by atoms with Crippen LogP contribution in [0, 0.1) is 5.41 Å². The molecule has 3 N–H and O–H groups in total. The Bertz CT molecular complexity index is 1120. The largest absolute Gasteiger partial charge is 0.507 e. The zero-order valence-electron chi connectivity index (χ0n) is 23.2. The van der Waals surface area contributed by atoms with Gasteiger partial charge >= 0.3 is 0 Å². The summed E-state index contributed by atoms with van der Waals surface area (Å²) in [6.45, 7) is 16.0. The first-order valence-corrected chi connectivity index (χ1v) is 13.1. The zero-order chi connectivity index (χ0) is 27.8. The fraction of sp³-hybridized carbons (Fsp3) is 0.448. The van der Waals surface area contributed by atoms with Crippen molar-refractivity contribution in [3.8, 4) is 17.2 Å². The van der Waals surface area contributed by atoms with Crippen molar-refractivity contribution >= 4 is 23.1 Å². The summed E-state index contributed by atoms with van der Waals surface area (Å²) in [4.78, 5) is 18.8. The number of anilines is 1. The summed E-state index contributed by atoms with van der Waals surface area (Å²) < 4.78 is 11.4. The topological polar surface area (TPSA) is 101 Å². The fourth-order valence-corrected chi connectivity index (χ4v) is 4.39.